The van der Waals surface area contributed by atoms with E-state index in [1.54, 1.807) is 0 Å². The zero-order chi connectivity index (χ0) is 5.41. The first-order valence-electron chi connectivity index (χ1n) is 2.35. The topological polar surface area (TPSA) is 0 Å². The van der Waals surface area contributed by atoms with Crippen molar-refractivity contribution in [2.75, 3.05) is 0 Å². The second kappa shape index (κ2) is 23.7. The van der Waals surface area contributed by atoms with E-state index in [1.807, 2.05) is 20.8 Å². The third-order valence-corrected chi connectivity index (χ3v) is 0.204. The van der Waals surface area contributed by atoms with Gasteiger partial charge in [0.2, 0.25) is 0 Å². The fourth-order valence-electron chi connectivity index (χ4n) is 0. The van der Waals surface area contributed by atoms with Gasteiger partial charge in [-0.2, -0.15) is 0 Å². The van der Waals surface area contributed by atoms with E-state index in [9.17, 15) is 0 Å². The summed E-state index contributed by atoms with van der Waals surface area (Å²) in [6.45, 7) is 5.94. The van der Waals surface area contributed by atoms with Gasteiger partial charge in [-0.1, -0.05) is 20.8 Å². The minimum atomic E-state index is 0.847. The first kappa shape index (κ1) is 9.12. The van der Waals surface area contributed by atoms with Gasteiger partial charge in [-0.25, -0.2) is 0 Å². The highest BCUT2D eigenvalue weighted by Crippen LogP contribution is 1.58. The van der Waals surface area contributed by atoms with Crippen molar-refractivity contribution in [3.8, 4) is 12.3 Å². The normalized spacial score (nSPS) is 4.33. The molecular weight excluding hydrogens is 72.1 g/mol. The van der Waals surface area contributed by atoms with Crippen LogP contribution in [0.15, 0.2) is 0 Å². The quantitative estimate of drug-likeness (QED) is 0.394. The van der Waals surface area contributed by atoms with Crippen LogP contribution in [0.5, 0.6) is 0 Å². The van der Waals surface area contributed by atoms with E-state index in [0.29, 0.717) is 0 Å². The molecule has 0 aromatic rings. The molecular formula is C6H12. The van der Waals surface area contributed by atoms with E-state index in [0.717, 1.165) is 6.42 Å². The Kier molecular flexibility index (Phi) is 36.1. The summed E-state index contributed by atoms with van der Waals surface area (Å²) >= 11 is 0. The lowest BCUT2D eigenvalue weighted by Crippen LogP contribution is -1.38. The maximum atomic E-state index is 4.78. The Bertz CT molecular complexity index is 29.8. The fourth-order valence-corrected chi connectivity index (χ4v) is 0. The molecule has 0 aliphatic carbocycles. The summed E-state index contributed by atoms with van der Waals surface area (Å²) in [4.78, 5) is 0. The Balaban J connectivity index is 0. The molecule has 6 heavy (non-hydrogen) atoms. The van der Waals surface area contributed by atoms with Gasteiger partial charge in [-0.3, -0.25) is 0 Å². The second-order valence-corrected chi connectivity index (χ2v) is 0.558. The van der Waals surface area contributed by atoms with Crippen molar-refractivity contribution < 1.29 is 0 Å². The van der Waals surface area contributed by atoms with Crippen LogP contribution in [0.4, 0.5) is 0 Å². The first-order valence-corrected chi connectivity index (χ1v) is 2.35. The van der Waals surface area contributed by atoms with Gasteiger partial charge in [-0.15, -0.1) is 12.3 Å². The number of terminal acetylenes is 1. The molecule has 0 saturated carbocycles. The molecule has 0 N–H and O–H groups in total. The van der Waals surface area contributed by atoms with Gasteiger partial charge in [0.1, 0.15) is 0 Å². The maximum Gasteiger partial charge on any atom is 0.00576 e. The molecule has 0 fully saturated rings. The third-order valence-electron chi connectivity index (χ3n) is 0.204. The minimum Gasteiger partial charge on any atom is -0.120 e. The van der Waals surface area contributed by atoms with Crippen LogP contribution >= 0.6 is 0 Å². The monoisotopic (exact) mass is 84.1 g/mol. The predicted octanol–water partition coefficient (Wildman–Crippen LogP) is 2.06. The summed E-state index contributed by atoms with van der Waals surface area (Å²) in [6, 6.07) is 0. The summed E-state index contributed by atoms with van der Waals surface area (Å²) < 4.78 is 0. The van der Waals surface area contributed by atoms with E-state index >= 15 is 0 Å². The van der Waals surface area contributed by atoms with Crippen molar-refractivity contribution in [1.29, 1.82) is 0 Å². The minimum absolute atomic E-state index is 0.847. The van der Waals surface area contributed by atoms with Gasteiger partial charge in [0.25, 0.3) is 0 Å². The molecule has 36 valence electrons. The average Bonchev–Trinajstić information content (AvgIpc) is 1.72. The molecule has 0 heteroatoms. The number of hydrogen-bond acceptors (Lipinski definition) is 0. The van der Waals surface area contributed by atoms with Gasteiger partial charge in [-0.05, 0) is 0 Å². The van der Waals surface area contributed by atoms with Crippen molar-refractivity contribution in [2.24, 2.45) is 0 Å². The lowest BCUT2D eigenvalue weighted by Gasteiger charge is -1.52. The lowest BCUT2D eigenvalue weighted by atomic mass is 10.5. The van der Waals surface area contributed by atoms with Crippen LogP contribution in [-0.4, -0.2) is 0 Å². The molecule has 0 spiro atoms. The Morgan fingerprint density at radius 1 is 1.50 bits per heavy atom. The molecule has 0 nitrogen and oxygen atoms in total. The molecule has 0 saturated heterocycles. The molecule has 0 radical (unpaired) electrons. The summed E-state index contributed by atoms with van der Waals surface area (Å²) in [5.41, 5.74) is 0. The summed E-state index contributed by atoms with van der Waals surface area (Å²) in [5.74, 6) is 2.43. The van der Waals surface area contributed by atoms with Crippen LogP contribution in [0, 0.1) is 12.3 Å². The van der Waals surface area contributed by atoms with Gasteiger partial charge >= 0.3 is 0 Å². The lowest BCUT2D eigenvalue weighted by molar-refractivity contribution is 1.28. The van der Waals surface area contributed by atoms with Crippen LogP contribution in [0.25, 0.3) is 0 Å². The summed E-state index contributed by atoms with van der Waals surface area (Å²) in [6.07, 6.45) is 5.62. The van der Waals surface area contributed by atoms with Crippen LogP contribution in [0.2, 0.25) is 0 Å². The molecule has 0 unspecified atom stereocenters. The van der Waals surface area contributed by atoms with Crippen molar-refractivity contribution in [3.63, 3.8) is 0 Å². The molecule has 0 aliphatic heterocycles. The van der Waals surface area contributed by atoms with Crippen molar-refractivity contribution in [3.05, 3.63) is 0 Å². The highest BCUT2D eigenvalue weighted by Gasteiger charge is 1.43. The summed E-state index contributed by atoms with van der Waals surface area (Å²) in [7, 11) is 0. The molecule has 0 aromatic heterocycles. The number of rotatable bonds is 0. The molecule has 0 heterocycles. The van der Waals surface area contributed by atoms with E-state index < -0.39 is 0 Å². The van der Waals surface area contributed by atoms with E-state index in [4.69, 9.17) is 6.42 Å². The fraction of sp³-hybridized carbons (Fsp3) is 0.667. The smallest absolute Gasteiger partial charge is 0.00576 e. The summed E-state index contributed by atoms with van der Waals surface area (Å²) in [5, 5.41) is 0. The second-order valence-electron chi connectivity index (χ2n) is 0.558. The van der Waals surface area contributed by atoms with Gasteiger partial charge < -0.3 is 0 Å². The van der Waals surface area contributed by atoms with Crippen LogP contribution < -0.4 is 0 Å². The molecule has 0 bridgehead atoms. The van der Waals surface area contributed by atoms with Crippen LogP contribution in [0.3, 0.4) is 0 Å². The van der Waals surface area contributed by atoms with Crippen molar-refractivity contribution in [2.45, 2.75) is 27.2 Å². The van der Waals surface area contributed by atoms with E-state index in [-0.39, 0.29) is 0 Å². The zero-order valence-electron chi connectivity index (χ0n) is 4.78. The van der Waals surface area contributed by atoms with E-state index in [1.165, 1.54) is 0 Å². The Hall–Kier alpha value is -0.440. The van der Waals surface area contributed by atoms with Gasteiger partial charge in [0.05, 0.1) is 0 Å². The average molecular weight is 84.2 g/mol. The Morgan fingerprint density at radius 3 is 1.67 bits per heavy atom. The molecule has 0 rings (SSSR count). The third kappa shape index (κ3) is 74.4. The van der Waals surface area contributed by atoms with E-state index in [2.05, 4.69) is 5.92 Å². The molecule has 0 atom stereocenters. The highest BCUT2D eigenvalue weighted by molar-refractivity contribution is 4.80. The van der Waals surface area contributed by atoms with Crippen LogP contribution in [-0.2, 0) is 0 Å². The van der Waals surface area contributed by atoms with Crippen molar-refractivity contribution >= 4 is 0 Å². The predicted molar refractivity (Wildman–Crippen MR) is 30.5 cm³/mol. The van der Waals surface area contributed by atoms with Gasteiger partial charge in [0.15, 0.2) is 0 Å². The molecule has 0 aliphatic rings. The van der Waals surface area contributed by atoms with Crippen molar-refractivity contribution in [1.82, 2.24) is 0 Å². The SMILES string of the molecule is C#CCC.CC. The number of hydrogen-bond donors (Lipinski definition) is 0. The van der Waals surface area contributed by atoms with Crippen LogP contribution in [0.1, 0.15) is 27.2 Å². The van der Waals surface area contributed by atoms with Gasteiger partial charge in [0, 0.05) is 6.42 Å². The largest absolute Gasteiger partial charge is 0.120 e. The Morgan fingerprint density at radius 2 is 1.67 bits per heavy atom. The maximum absolute atomic E-state index is 4.78. The Labute approximate surface area is 40.6 Å². The molecule has 0 aromatic carbocycles. The molecule has 0 amide bonds. The first-order chi connectivity index (χ1) is 2.91. The standard InChI is InChI=1S/C4H6.C2H6/c1-3-4-2;1-2/h1H,4H2,2H3;1-2H3. The zero-order valence-corrected chi connectivity index (χ0v) is 4.78. The highest BCUT2D eigenvalue weighted by atomic mass is 13.5.